The Bertz CT molecular complexity index is 958. The monoisotopic (exact) mass is 361 g/mol. The fourth-order valence-corrected chi connectivity index (χ4v) is 3.53. The summed E-state index contributed by atoms with van der Waals surface area (Å²) in [5.41, 5.74) is 4.29. The third-order valence-corrected chi connectivity index (χ3v) is 4.88. The SMILES string of the molecule is CN=C(NCc1cc2ccccc2[nH]1)NCC1CC(=O)Nc2ccccc21. The molecule has 0 fully saturated rings. The highest BCUT2D eigenvalue weighted by Gasteiger charge is 2.24. The van der Waals surface area contributed by atoms with E-state index in [0.717, 1.165) is 28.4 Å². The van der Waals surface area contributed by atoms with Gasteiger partial charge in [0.15, 0.2) is 5.96 Å². The molecule has 27 heavy (non-hydrogen) atoms. The topological polar surface area (TPSA) is 81.3 Å². The molecular weight excluding hydrogens is 338 g/mol. The van der Waals surface area contributed by atoms with Crippen LogP contribution in [-0.2, 0) is 11.3 Å². The predicted molar refractivity (Wildman–Crippen MR) is 109 cm³/mol. The fourth-order valence-electron chi connectivity index (χ4n) is 3.53. The van der Waals surface area contributed by atoms with E-state index in [1.807, 2.05) is 30.3 Å². The Morgan fingerprint density at radius 2 is 1.96 bits per heavy atom. The molecule has 1 atom stereocenters. The normalized spacial score (nSPS) is 16.7. The highest BCUT2D eigenvalue weighted by atomic mass is 16.1. The molecule has 2 heterocycles. The Hall–Kier alpha value is -3.28. The average Bonchev–Trinajstić information content (AvgIpc) is 3.10. The molecule has 0 bridgehead atoms. The molecule has 1 aromatic heterocycles. The molecule has 0 spiro atoms. The third kappa shape index (κ3) is 3.79. The van der Waals surface area contributed by atoms with Crippen molar-refractivity contribution in [2.45, 2.75) is 18.9 Å². The van der Waals surface area contributed by atoms with E-state index in [9.17, 15) is 4.79 Å². The van der Waals surface area contributed by atoms with Crippen LogP contribution in [0.15, 0.2) is 59.6 Å². The van der Waals surface area contributed by atoms with Crippen molar-refractivity contribution in [3.8, 4) is 0 Å². The van der Waals surface area contributed by atoms with Crippen LogP contribution in [0.3, 0.4) is 0 Å². The van der Waals surface area contributed by atoms with Gasteiger partial charge in [0.25, 0.3) is 0 Å². The predicted octanol–water partition coefficient (Wildman–Crippen LogP) is 2.96. The van der Waals surface area contributed by atoms with Gasteiger partial charge < -0.3 is 20.9 Å². The maximum Gasteiger partial charge on any atom is 0.225 e. The van der Waals surface area contributed by atoms with E-state index in [2.05, 4.69) is 50.2 Å². The first kappa shape index (κ1) is 17.1. The zero-order chi connectivity index (χ0) is 18.6. The molecule has 0 saturated heterocycles. The van der Waals surface area contributed by atoms with E-state index in [1.165, 1.54) is 5.39 Å². The van der Waals surface area contributed by atoms with E-state index in [1.54, 1.807) is 7.05 Å². The lowest BCUT2D eigenvalue weighted by molar-refractivity contribution is -0.116. The fraction of sp³-hybridized carbons (Fsp3) is 0.238. The average molecular weight is 361 g/mol. The van der Waals surface area contributed by atoms with Crippen LogP contribution in [0.5, 0.6) is 0 Å². The van der Waals surface area contributed by atoms with Gasteiger partial charge >= 0.3 is 0 Å². The number of carbonyl (C=O) groups excluding carboxylic acids is 1. The van der Waals surface area contributed by atoms with E-state index in [0.29, 0.717) is 19.5 Å². The number of hydrogen-bond donors (Lipinski definition) is 4. The third-order valence-electron chi connectivity index (χ3n) is 4.88. The minimum absolute atomic E-state index is 0.0570. The first-order valence-electron chi connectivity index (χ1n) is 9.13. The van der Waals surface area contributed by atoms with Gasteiger partial charge in [0.05, 0.1) is 6.54 Å². The maximum absolute atomic E-state index is 12.0. The number of aliphatic imine (C=N–C) groups is 1. The number of guanidine groups is 1. The number of aromatic nitrogens is 1. The molecule has 1 unspecified atom stereocenters. The van der Waals surface area contributed by atoms with Crippen molar-refractivity contribution in [1.29, 1.82) is 0 Å². The Kier molecular flexibility index (Phi) is 4.78. The van der Waals surface area contributed by atoms with Gasteiger partial charge in [0, 0.05) is 42.8 Å². The second kappa shape index (κ2) is 7.53. The quantitative estimate of drug-likeness (QED) is 0.426. The number of amides is 1. The molecule has 3 aromatic rings. The summed E-state index contributed by atoms with van der Waals surface area (Å²) in [4.78, 5) is 19.7. The summed E-state index contributed by atoms with van der Waals surface area (Å²) in [6.07, 6.45) is 0.475. The molecule has 138 valence electrons. The molecule has 1 aliphatic rings. The van der Waals surface area contributed by atoms with Crippen LogP contribution in [0.1, 0.15) is 23.6 Å². The number of H-pyrrole nitrogens is 1. The van der Waals surface area contributed by atoms with Gasteiger partial charge in [-0.25, -0.2) is 0 Å². The number of fused-ring (bicyclic) bond motifs is 2. The van der Waals surface area contributed by atoms with E-state index >= 15 is 0 Å². The number of nitrogens with zero attached hydrogens (tertiary/aromatic N) is 1. The molecule has 4 rings (SSSR count). The van der Waals surface area contributed by atoms with Gasteiger partial charge in [-0.2, -0.15) is 0 Å². The van der Waals surface area contributed by atoms with Crippen LogP contribution >= 0.6 is 0 Å². The second-order valence-electron chi connectivity index (χ2n) is 6.72. The van der Waals surface area contributed by atoms with Crippen molar-refractivity contribution in [2.75, 3.05) is 18.9 Å². The molecule has 4 N–H and O–H groups in total. The standard InChI is InChI=1S/C21H23N5O/c1-22-21(24-13-16-10-14-6-2-4-8-18(14)25-16)23-12-15-11-20(27)26-19-9-5-3-7-17(15)19/h2-10,15,25H,11-13H2,1H3,(H,26,27)(H2,22,23,24). The minimum Gasteiger partial charge on any atom is -0.357 e. The smallest absolute Gasteiger partial charge is 0.225 e. The number of anilines is 1. The molecule has 1 aliphatic heterocycles. The number of rotatable bonds is 4. The first-order valence-corrected chi connectivity index (χ1v) is 9.13. The van der Waals surface area contributed by atoms with Crippen molar-refractivity contribution >= 4 is 28.5 Å². The van der Waals surface area contributed by atoms with E-state index < -0.39 is 0 Å². The summed E-state index contributed by atoms with van der Waals surface area (Å²) in [7, 11) is 1.75. The van der Waals surface area contributed by atoms with Gasteiger partial charge in [-0.15, -0.1) is 0 Å². The summed E-state index contributed by atoms with van der Waals surface area (Å²) in [5.74, 6) is 0.903. The summed E-state index contributed by atoms with van der Waals surface area (Å²) >= 11 is 0. The van der Waals surface area contributed by atoms with E-state index in [4.69, 9.17) is 0 Å². The molecule has 0 radical (unpaired) electrons. The van der Waals surface area contributed by atoms with Gasteiger partial charge in [0.1, 0.15) is 0 Å². The van der Waals surface area contributed by atoms with Crippen molar-refractivity contribution < 1.29 is 4.79 Å². The number of benzene rings is 2. The van der Waals surface area contributed by atoms with Gasteiger partial charge in [0.2, 0.25) is 5.91 Å². The number of aromatic amines is 1. The Labute approximate surface area is 158 Å². The number of nitrogens with one attached hydrogen (secondary N) is 4. The van der Waals surface area contributed by atoms with Crippen molar-refractivity contribution in [1.82, 2.24) is 15.6 Å². The van der Waals surface area contributed by atoms with Crippen LogP contribution in [0.4, 0.5) is 5.69 Å². The molecular formula is C21H23N5O. The lowest BCUT2D eigenvalue weighted by Crippen LogP contribution is -2.40. The van der Waals surface area contributed by atoms with Gasteiger partial charge in [-0.3, -0.25) is 9.79 Å². The number of para-hydroxylation sites is 2. The Morgan fingerprint density at radius 3 is 2.81 bits per heavy atom. The van der Waals surface area contributed by atoms with Crippen LogP contribution < -0.4 is 16.0 Å². The highest BCUT2D eigenvalue weighted by Crippen LogP contribution is 2.31. The van der Waals surface area contributed by atoms with Crippen molar-refractivity contribution in [3.63, 3.8) is 0 Å². The van der Waals surface area contributed by atoms with Gasteiger partial charge in [-0.05, 0) is 29.1 Å². The molecule has 6 nitrogen and oxygen atoms in total. The van der Waals surface area contributed by atoms with Crippen LogP contribution in [-0.4, -0.2) is 30.4 Å². The largest absolute Gasteiger partial charge is 0.357 e. The number of carbonyl (C=O) groups is 1. The first-order chi connectivity index (χ1) is 13.2. The molecule has 6 heteroatoms. The molecule has 2 aromatic carbocycles. The van der Waals surface area contributed by atoms with Gasteiger partial charge in [-0.1, -0.05) is 36.4 Å². The van der Waals surface area contributed by atoms with Crippen molar-refractivity contribution in [3.05, 3.63) is 65.9 Å². The van der Waals surface area contributed by atoms with Crippen LogP contribution in [0.25, 0.3) is 10.9 Å². The molecule has 1 amide bonds. The second-order valence-corrected chi connectivity index (χ2v) is 6.72. The zero-order valence-electron chi connectivity index (χ0n) is 15.3. The Morgan fingerprint density at radius 1 is 1.15 bits per heavy atom. The van der Waals surface area contributed by atoms with Crippen LogP contribution in [0.2, 0.25) is 0 Å². The lowest BCUT2D eigenvalue weighted by atomic mass is 9.90. The lowest BCUT2D eigenvalue weighted by Gasteiger charge is -2.26. The van der Waals surface area contributed by atoms with Crippen molar-refractivity contribution in [2.24, 2.45) is 4.99 Å². The Balaban J connectivity index is 1.37. The highest BCUT2D eigenvalue weighted by molar-refractivity contribution is 5.94. The summed E-state index contributed by atoms with van der Waals surface area (Å²) in [6.45, 7) is 1.30. The maximum atomic E-state index is 12.0. The van der Waals surface area contributed by atoms with E-state index in [-0.39, 0.29) is 11.8 Å². The molecule has 0 saturated carbocycles. The van der Waals surface area contributed by atoms with Crippen LogP contribution in [0, 0.1) is 0 Å². The molecule has 0 aliphatic carbocycles. The summed E-state index contributed by atoms with van der Waals surface area (Å²) in [6, 6.07) is 18.3. The summed E-state index contributed by atoms with van der Waals surface area (Å²) < 4.78 is 0. The summed E-state index contributed by atoms with van der Waals surface area (Å²) in [5, 5.41) is 10.8. The zero-order valence-corrected chi connectivity index (χ0v) is 15.3. The number of hydrogen-bond acceptors (Lipinski definition) is 2. The minimum atomic E-state index is 0.0570.